The molecule has 1 aliphatic carbocycles. The first-order valence-corrected chi connectivity index (χ1v) is 7.10. The molecule has 2 fully saturated rings. The summed E-state index contributed by atoms with van der Waals surface area (Å²) in [7, 11) is 0. The number of aromatic nitrogens is 4. The van der Waals surface area contributed by atoms with Gasteiger partial charge in [-0.1, -0.05) is 0 Å². The van der Waals surface area contributed by atoms with Gasteiger partial charge < -0.3 is 15.2 Å². The highest BCUT2D eigenvalue weighted by atomic mass is 19.1. The highest BCUT2D eigenvalue weighted by Crippen LogP contribution is 2.34. The van der Waals surface area contributed by atoms with Gasteiger partial charge in [-0.3, -0.25) is 4.57 Å². The van der Waals surface area contributed by atoms with Crippen molar-refractivity contribution < 1.29 is 14.2 Å². The number of aliphatic hydroxyl groups excluding tert-OH is 1. The Bertz CT molecular complexity index is 659. The van der Waals surface area contributed by atoms with E-state index in [0.29, 0.717) is 23.0 Å². The van der Waals surface area contributed by atoms with E-state index >= 15 is 0 Å². The van der Waals surface area contributed by atoms with Gasteiger partial charge in [0.15, 0.2) is 23.2 Å². The van der Waals surface area contributed by atoms with Gasteiger partial charge in [-0.05, 0) is 12.8 Å². The molecule has 4 rings (SSSR count). The lowest BCUT2D eigenvalue weighted by molar-refractivity contribution is -0.0351. The Morgan fingerprint density at radius 3 is 2.95 bits per heavy atom. The van der Waals surface area contributed by atoms with Gasteiger partial charge in [0.25, 0.3) is 0 Å². The summed E-state index contributed by atoms with van der Waals surface area (Å²) in [6.07, 6.45) is 2.94. The van der Waals surface area contributed by atoms with E-state index in [1.807, 2.05) is 0 Å². The first kappa shape index (κ1) is 12.9. The first-order valence-electron chi connectivity index (χ1n) is 7.10. The fourth-order valence-electron chi connectivity index (χ4n) is 2.63. The Labute approximate surface area is 120 Å². The number of fused-ring (bicyclic) bond motifs is 1. The van der Waals surface area contributed by atoms with Gasteiger partial charge in [0.05, 0.1) is 19.0 Å². The molecule has 2 aromatic heterocycles. The monoisotopic (exact) mass is 293 g/mol. The summed E-state index contributed by atoms with van der Waals surface area (Å²) >= 11 is 0. The number of hydrogen-bond donors (Lipinski definition) is 2. The lowest BCUT2D eigenvalue weighted by Gasteiger charge is -2.15. The quantitative estimate of drug-likeness (QED) is 0.875. The highest BCUT2D eigenvalue weighted by molar-refractivity contribution is 5.83. The minimum atomic E-state index is -1.19. The molecule has 2 N–H and O–H groups in total. The predicted molar refractivity (Wildman–Crippen MR) is 72.5 cm³/mol. The first-order chi connectivity index (χ1) is 10.3. The van der Waals surface area contributed by atoms with Crippen LogP contribution in [0.15, 0.2) is 12.7 Å². The standard InChI is InChI=1S/C13H16FN5O2/c14-9-3-8(4-20)21-13(9)19-6-17-10-11(18-7-1-2-7)15-5-16-12(10)19/h5-9,13,20H,1-4H2,(H,15,16,18)/t8-,9+,13+/m1/s1. The van der Waals surface area contributed by atoms with Crippen molar-refractivity contribution in [3.63, 3.8) is 0 Å². The number of nitrogens with one attached hydrogen (secondary N) is 1. The molecule has 3 atom stereocenters. The molecular formula is C13H16FN5O2. The zero-order chi connectivity index (χ0) is 14.4. The van der Waals surface area contributed by atoms with Gasteiger partial charge in [0.1, 0.15) is 12.5 Å². The van der Waals surface area contributed by atoms with Crippen LogP contribution in [0.1, 0.15) is 25.5 Å². The van der Waals surface area contributed by atoms with Crippen molar-refractivity contribution in [3.05, 3.63) is 12.7 Å². The number of nitrogens with zero attached hydrogens (tertiary/aromatic N) is 4. The van der Waals surface area contributed by atoms with Gasteiger partial charge >= 0.3 is 0 Å². The molecule has 3 heterocycles. The van der Waals surface area contributed by atoms with Gasteiger partial charge in [0, 0.05) is 12.5 Å². The van der Waals surface area contributed by atoms with Crippen LogP contribution in [0.3, 0.4) is 0 Å². The highest BCUT2D eigenvalue weighted by Gasteiger charge is 2.37. The molecule has 1 saturated carbocycles. The minimum absolute atomic E-state index is 0.180. The zero-order valence-corrected chi connectivity index (χ0v) is 11.3. The number of alkyl halides is 1. The molecule has 0 bridgehead atoms. The molecule has 8 heteroatoms. The molecule has 1 aliphatic heterocycles. The molecular weight excluding hydrogens is 277 g/mol. The fourth-order valence-corrected chi connectivity index (χ4v) is 2.63. The summed E-state index contributed by atoms with van der Waals surface area (Å²) in [5, 5.41) is 12.4. The minimum Gasteiger partial charge on any atom is -0.394 e. The summed E-state index contributed by atoms with van der Waals surface area (Å²) in [5.74, 6) is 0.674. The molecule has 0 unspecified atom stereocenters. The lowest BCUT2D eigenvalue weighted by Crippen LogP contribution is -2.17. The molecule has 7 nitrogen and oxygen atoms in total. The summed E-state index contributed by atoms with van der Waals surface area (Å²) in [4.78, 5) is 12.7. The third-order valence-corrected chi connectivity index (χ3v) is 3.88. The van der Waals surface area contributed by atoms with Crippen LogP contribution in [-0.2, 0) is 4.74 Å². The Morgan fingerprint density at radius 2 is 2.24 bits per heavy atom. The number of aliphatic hydroxyl groups is 1. The topological polar surface area (TPSA) is 85.1 Å². The van der Waals surface area contributed by atoms with E-state index in [2.05, 4.69) is 20.3 Å². The predicted octanol–water partition coefficient (Wildman–Crippen LogP) is 1.02. The SMILES string of the molecule is OC[C@H]1C[C@H](F)[C@@H](n2cnc3c(NC4CC4)ncnc32)O1. The number of imidazole rings is 1. The van der Waals surface area contributed by atoms with E-state index in [0.717, 1.165) is 12.8 Å². The van der Waals surface area contributed by atoms with Crippen molar-refractivity contribution in [2.75, 3.05) is 11.9 Å². The van der Waals surface area contributed by atoms with Crippen LogP contribution < -0.4 is 5.32 Å². The Morgan fingerprint density at radius 1 is 1.38 bits per heavy atom. The average Bonchev–Trinajstić information content (AvgIpc) is 3.07. The third-order valence-electron chi connectivity index (χ3n) is 3.88. The summed E-state index contributed by atoms with van der Waals surface area (Å²) in [6, 6.07) is 0.448. The third kappa shape index (κ3) is 2.24. The average molecular weight is 293 g/mol. The van der Waals surface area contributed by atoms with E-state index in [4.69, 9.17) is 9.84 Å². The summed E-state index contributed by atoms with van der Waals surface area (Å²) in [5.41, 5.74) is 1.16. The van der Waals surface area contributed by atoms with E-state index in [1.165, 1.54) is 12.7 Å². The van der Waals surface area contributed by atoms with Crippen LogP contribution >= 0.6 is 0 Å². The molecule has 0 radical (unpaired) electrons. The largest absolute Gasteiger partial charge is 0.394 e. The second-order valence-corrected chi connectivity index (χ2v) is 5.55. The van der Waals surface area contributed by atoms with E-state index in [1.54, 1.807) is 4.57 Å². The van der Waals surface area contributed by atoms with Crippen LogP contribution in [0.4, 0.5) is 10.2 Å². The normalized spacial score (nSPS) is 29.1. The van der Waals surface area contributed by atoms with Crippen molar-refractivity contribution in [1.82, 2.24) is 19.5 Å². The Hall–Kier alpha value is -1.80. The number of rotatable bonds is 4. The smallest absolute Gasteiger partial charge is 0.168 e. The number of hydrogen-bond acceptors (Lipinski definition) is 6. The van der Waals surface area contributed by atoms with Gasteiger partial charge in [-0.2, -0.15) is 0 Å². The van der Waals surface area contributed by atoms with Crippen molar-refractivity contribution in [3.8, 4) is 0 Å². The van der Waals surface area contributed by atoms with Crippen LogP contribution in [0, 0.1) is 0 Å². The number of anilines is 1. The van der Waals surface area contributed by atoms with Crippen molar-refractivity contribution in [1.29, 1.82) is 0 Å². The van der Waals surface area contributed by atoms with Gasteiger partial charge in [-0.15, -0.1) is 0 Å². The fraction of sp³-hybridized carbons (Fsp3) is 0.615. The van der Waals surface area contributed by atoms with E-state index < -0.39 is 18.5 Å². The van der Waals surface area contributed by atoms with Crippen LogP contribution in [-0.4, -0.2) is 49.5 Å². The van der Waals surface area contributed by atoms with Crippen molar-refractivity contribution in [2.45, 2.75) is 43.8 Å². The molecule has 0 aromatic carbocycles. The molecule has 2 aliphatic rings. The van der Waals surface area contributed by atoms with Crippen LogP contribution in [0.25, 0.3) is 11.2 Å². The maximum Gasteiger partial charge on any atom is 0.168 e. The van der Waals surface area contributed by atoms with E-state index in [9.17, 15) is 4.39 Å². The van der Waals surface area contributed by atoms with Gasteiger partial charge in [0.2, 0.25) is 0 Å². The van der Waals surface area contributed by atoms with Crippen molar-refractivity contribution >= 4 is 17.0 Å². The second-order valence-electron chi connectivity index (χ2n) is 5.55. The lowest BCUT2D eigenvalue weighted by atomic mass is 10.2. The number of halogens is 1. The van der Waals surface area contributed by atoms with Crippen LogP contribution in [0.2, 0.25) is 0 Å². The maximum atomic E-state index is 14.1. The van der Waals surface area contributed by atoms with E-state index in [-0.39, 0.29) is 13.0 Å². The van der Waals surface area contributed by atoms with Gasteiger partial charge in [-0.25, -0.2) is 19.3 Å². The molecule has 0 amide bonds. The molecule has 2 aromatic rings. The maximum absolute atomic E-state index is 14.1. The second kappa shape index (κ2) is 4.88. The molecule has 21 heavy (non-hydrogen) atoms. The Kier molecular flexibility index (Phi) is 3.00. The van der Waals surface area contributed by atoms with Crippen LogP contribution in [0.5, 0.6) is 0 Å². The number of ether oxygens (including phenoxy) is 1. The summed E-state index contributed by atoms with van der Waals surface area (Å²) in [6.45, 7) is -0.187. The molecule has 1 saturated heterocycles. The summed E-state index contributed by atoms with van der Waals surface area (Å²) < 4.78 is 21.2. The molecule has 0 spiro atoms. The zero-order valence-electron chi connectivity index (χ0n) is 11.3. The molecule has 112 valence electrons. The Balaban J connectivity index is 1.69. The van der Waals surface area contributed by atoms with Crippen molar-refractivity contribution in [2.24, 2.45) is 0 Å².